The Balaban J connectivity index is 1.22. The molecule has 9 nitrogen and oxygen atoms in total. The second-order valence-corrected chi connectivity index (χ2v) is 14.2. The summed E-state index contributed by atoms with van der Waals surface area (Å²) in [4.78, 5) is 26.0. The number of allylic oxidation sites excluding steroid dienone is 4. The molecule has 5 aliphatic rings. The van der Waals surface area contributed by atoms with Gasteiger partial charge >= 0.3 is 0 Å². The number of benzene rings is 1. The molecule has 246 valence electrons. The van der Waals surface area contributed by atoms with Crippen molar-refractivity contribution in [2.45, 2.75) is 82.1 Å². The number of aliphatic hydroxyl groups excluding tert-OH is 3. The van der Waals surface area contributed by atoms with Crippen molar-refractivity contribution < 1.29 is 43.2 Å². The molecule has 1 aliphatic heterocycles. The lowest BCUT2D eigenvalue weighted by atomic mass is 9.44. The first-order valence-corrected chi connectivity index (χ1v) is 15.8. The Hall–Kier alpha value is -3.22. The Morgan fingerprint density at radius 3 is 2.61 bits per heavy atom. The van der Waals surface area contributed by atoms with Crippen LogP contribution in [0.4, 0.5) is 14.5 Å². The fourth-order valence-corrected chi connectivity index (χ4v) is 9.79. The lowest BCUT2D eigenvalue weighted by molar-refractivity contribution is -0.235. The standard InChI is InChI=1S/C35H40F2N2O7/c1-32-9-8-21(42)12-24(32)25(36)13-23-22-14-30-35(29(44)17-41,33(22,2)15-28(43)34(23,32)37)46-31(45-30)27-7-6-20(39(27)3)10-18-4-5-19(16-40)26(38)11-18/h4-9,11-12,22-23,25,28,30-31,40-41,43H,10,13-17,38H2,1-3H3/t22-,23-,25-,28-,30+,31+,32-,33-,34-,35+/m0/s1. The van der Waals surface area contributed by atoms with Crippen LogP contribution in [-0.4, -0.2) is 67.7 Å². The highest BCUT2D eigenvalue weighted by atomic mass is 19.1. The third-order valence-corrected chi connectivity index (χ3v) is 12.2. The van der Waals surface area contributed by atoms with Crippen LogP contribution in [0.5, 0.6) is 0 Å². The summed E-state index contributed by atoms with van der Waals surface area (Å²) in [5.41, 5.74) is 2.94. The van der Waals surface area contributed by atoms with E-state index in [-0.39, 0.29) is 31.4 Å². The monoisotopic (exact) mass is 638 g/mol. The van der Waals surface area contributed by atoms with Crippen LogP contribution in [0.25, 0.3) is 0 Å². The number of aliphatic hydroxyl groups is 3. The third kappa shape index (κ3) is 3.89. The van der Waals surface area contributed by atoms with E-state index in [1.807, 2.05) is 35.9 Å². The molecule has 4 fully saturated rings. The van der Waals surface area contributed by atoms with Crippen LogP contribution in [0.3, 0.4) is 0 Å². The number of nitrogens with zero attached hydrogens (tertiary/aromatic N) is 1. The third-order valence-electron chi connectivity index (χ3n) is 12.2. The number of ketones is 2. The molecule has 2 aromatic rings. The number of carbonyl (C=O) groups excluding carboxylic acids is 2. The van der Waals surface area contributed by atoms with Gasteiger partial charge in [-0.25, -0.2) is 8.78 Å². The zero-order valence-electron chi connectivity index (χ0n) is 26.1. The van der Waals surface area contributed by atoms with E-state index < -0.39 is 76.8 Å². The van der Waals surface area contributed by atoms with Gasteiger partial charge in [-0.15, -0.1) is 0 Å². The normalized spacial score (nSPS) is 41.0. The maximum Gasteiger partial charge on any atom is 0.200 e. The highest BCUT2D eigenvalue weighted by molar-refractivity contribution is 6.01. The van der Waals surface area contributed by atoms with E-state index in [0.717, 1.165) is 17.3 Å². The Labute approximate surface area is 265 Å². The molecule has 11 heteroatoms. The predicted molar refractivity (Wildman–Crippen MR) is 163 cm³/mol. The number of hydrogen-bond donors (Lipinski definition) is 4. The molecule has 0 radical (unpaired) electrons. The van der Waals surface area contributed by atoms with Gasteiger partial charge in [-0.3, -0.25) is 9.59 Å². The fraction of sp³-hybridized carbons (Fsp3) is 0.543. The maximum atomic E-state index is 17.6. The van der Waals surface area contributed by atoms with Crippen molar-refractivity contribution in [1.82, 2.24) is 4.57 Å². The maximum absolute atomic E-state index is 17.6. The summed E-state index contributed by atoms with van der Waals surface area (Å²) >= 11 is 0. The van der Waals surface area contributed by atoms with Gasteiger partial charge in [-0.1, -0.05) is 25.1 Å². The van der Waals surface area contributed by atoms with Crippen molar-refractivity contribution in [1.29, 1.82) is 0 Å². The second-order valence-electron chi connectivity index (χ2n) is 14.2. The van der Waals surface area contributed by atoms with Crippen molar-refractivity contribution >= 4 is 17.3 Å². The molecule has 1 aromatic heterocycles. The molecule has 1 aromatic carbocycles. The van der Waals surface area contributed by atoms with Crippen LogP contribution in [0.2, 0.25) is 0 Å². The van der Waals surface area contributed by atoms with Crippen molar-refractivity contribution in [3.63, 3.8) is 0 Å². The van der Waals surface area contributed by atoms with Gasteiger partial charge < -0.3 is 35.1 Å². The molecule has 0 spiro atoms. The topological polar surface area (TPSA) is 144 Å². The van der Waals surface area contributed by atoms with E-state index in [9.17, 15) is 24.9 Å². The minimum atomic E-state index is -2.31. The number of fused-ring (bicyclic) bond motifs is 7. The lowest BCUT2D eigenvalue weighted by Crippen LogP contribution is -2.70. The number of carbonyl (C=O) groups is 2. The van der Waals surface area contributed by atoms with Crippen LogP contribution >= 0.6 is 0 Å². The van der Waals surface area contributed by atoms with Crippen molar-refractivity contribution in [2.24, 2.45) is 29.7 Å². The summed E-state index contributed by atoms with van der Waals surface area (Å²) in [7, 11) is 1.85. The number of alkyl halides is 2. The van der Waals surface area contributed by atoms with Gasteiger partial charge in [0, 0.05) is 47.2 Å². The molecule has 2 heterocycles. The average Bonchev–Trinajstić information content (AvgIpc) is 3.65. The Morgan fingerprint density at radius 1 is 1.15 bits per heavy atom. The number of nitrogen functional groups attached to an aromatic ring is 1. The second kappa shape index (κ2) is 10.4. The molecule has 0 amide bonds. The first kappa shape index (κ1) is 31.4. The summed E-state index contributed by atoms with van der Waals surface area (Å²) < 4.78 is 48.5. The Morgan fingerprint density at radius 2 is 1.91 bits per heavy atom. The van der Waals surface area contributed by atoms with Gasteiger partial charge in [0.1, 0.15) is 12.8 Å². The zero-order valence-corrected chi connectivity index (χ0v) is 26.1. The summed E-state index contributed by atoms with van der Waals surface area (Å²) in [6.45, 7) is 2.29. The molecule has 4 aliphatic carbocycles. The Bertz CT molecular complexity index is 1690. The van der Waals surface area contributed by atoms with Gasteiger partial charge in [0.25, 0.3) is 0 Å². The molecule has 0 unspecified atom stereocenters. The highest BCUT2D eigenvalue weighted by Gasteiger charge is 2.80. The number of hydrogen-bond acceptors (Lipinski definition) is 8. The van der Waals surface area contributed by atoms with E-state index in [2.05, 4.69) is 0 Å². The average molecular weight is 639 g/mol. The number of rotatable bonds is 6. The number of anilines is 1. The van der Waals surface area contributed by atoms with Crippen LogP contribution in [0.15, 0.2) is 54.1 Å². The summed E-state index contributed by atoms with van der Waals surface area (Å²) in [5, 5.41) is 31.4. The van der Waals surface area contributed by atoms with Crippen LogP contribution < -0.4 is 5.73 Å². The molecular formula is C35H40F2N2O7. The minimum Gasteiger partial charge on any atom is -0.398 e. The summed E-state index contributed by atoms with van der Waals surface area (Å²) in [6, 6.07) is 9.24. The van der Waals surface area contributed by atoms with Gasteiger partial charge in [0.15, 0.2) is 22.8 Å². The molecule has 10 atom stereocenters. The number of nitrogens with two attached hydrogens (primary N) is 1. The van der Waals surface area contributed by atoms with Crippen LogP contribution in [0.1, 0.15) is 61.9 Å². The van der Waals surface area contributed by atoms with E-state index in [1.165, 1.54) is 19.1 Å². The molecule has 0 bridgehead atoms. The quantitative estimate of drug-likeness (QED) is 0.353. The Kier molecular flexibility index (Phi) is 7.09. The van der Waals surface area contributed by atoms with Crippen molar-refractivity contribution in [3.05, 3.63) is 76.6 Å². The number of aromatic nitrogens is 1. The molecule has 3 saturated carbocycles. The summed E-state index contributed by atoms with van der Waals surface area (Å²) in [5.74, 6) is -2.68. The first-order chi connectivity index (χ1) is 21.7. The van der Waals surface area contributed by atoms with Crippen molar-refractivity contribution in [3.8, 4) is 0 Å². The highest BCUT2D eigenvalue weighted by Crippen LogP contribution is 2.72. The fourth-order valence-electron chi connectivity index (χ4n) is 9.79. The first-order valence-electron chi connectivity index (χ1n) is 15.8. The van der Waals surface area contributed by atoms with Gasteiger partial charge in [-0.2, -0.15) is 0 Å². The SMILES string of the molecule is Cn1c(Cc2ccc(CO)c(N)c2)ccc1[C@@H]1O[C@@H]2C[C@H]3[C@@H]4C[C@H](F)C5=CC(=O)C=C[C@]5(C)[C@@]4(F)[C@@H](O)C[C@]3(C)[C@]2(C(=O)CO)O1. The lowest BCUT2D eigenvalue weighted by Gasteiger charge is -2.63. The zero-order chi connectivity index (χ0) is 33.0. The van der Waals surface area contributed by atoms with Gasteiger partial charge in [0.05, 0.1) is 24.5 Å². The van der Waals surface area contributed by atoms with Gasteiger partial charge in [-0.05, 0) is 73.6 Å². The van der Waals surface area contributed by atoms with Gasteiger partial charge in [0.2, 0.25) is 6.29 Å². The molecule has 5 N–H and O–H groups in total. The van der Waals surface area contributed by atoms with Crippen LogP contribution in [-0.2, 0) is 39.1 Å². The van der Waals surface area contributed by atoms with Crippen molar-refractivity contribution in [2.75, 3.05) is 12.3 Å². The number of halogens is 2. The molecular weight excluding hydrogens is 598 g/mol. The predicted octanol–water partition coefficient (Wildman–Crippen LogP) is 3.33. The van der Waals surface area contributed by atoms with E-state index in [0.29, 0.717) is 23.4 Å². The summed E-state index contributed by atoms with van der Waals surface area (Å²) in [6.07, 6.45) is -1.11. The smallest absolute Gasteiger partial charge is 0.200 e. The number of ether oxygens (including phenoxy) is 2. The molecule has 1 saturated heterocycles. The number of Topliss-reactive ketones (excluding diaryl/α,β-unsaturated/α-hetero) is 1. The largest absolute Gasteiger partial charge is 0.398 e. The van der Waals surface area contributed by atoms with E-state index >= 15 is 8.78 Å². The molecule has 46 heavy (non-hydrogen) atoms. The van der Waals surface area contributed by atoms with E-state index in [1.54, 1.807) is 13.0 Å². The molecule has 7 rings (SSSR count). The van der Waals surface area contributed by atoms with E-state index in [4.69, 9.17) is 15.2 Å². The minimum absolute atomic E-state index is 0.0276. The van der Waals surface area contributed by atoms with Crippen LogP contribution in [0, 0.1) is 22.7 Å².